The number of benzene rings is 1. The van der Waals surface area contributed by atoms with Crippen molar-refractivity contribution >= 4 is 10.9 Å². The van der Waals surface area contributed by atoms with Crippen LogP contribution < -0.4 is 5.32 Å². The van der Waals surface area contributed by atoms with Crippen molar-refractivity contribution < 1.29 is 4.39 Å². The number of hydrogen-bond donors (Lipinski definition) is 1. The molecule has 15 heavy (non-hydrogen) atoms. The van der Waals surface area contributed by atoms with Crippen molar-refractivity contribution in [1.29, 1.82) is 0 Å². The Bertz CT molecular complexity index is 488. The van der Waals surface area contributed by atoms with Gasteiger partial charge in [0.05, 0.1) is 5.52 Å². The quantitative estimate of drug-likeness (QED) is 0.799. The molecule has 0 bridgehead atoms. The lowest BCUT2D eigenvalue weighted by atomic mass is 10.2. The zero-order chi connectivity index (χ0) is 11.0. The van der Waals surface area contributed by atoms with Crippen molar-refractivity contribution in [3.05, 3.63) is 35.8 Å². The highest BCUT2D eigenvalue weighted by Crippen LogP contribution is 2.24. The van der Waals surface area contributed by atoms with Crippen LogP contribution in [0.3, 0.4) is 0 Å². The van der Waals surface area contributed by atoms with E-state index < -0.39 is 0 Å². The van der Waals surface area contributed by atoms with Crippen LogP contribution in [-0.4, -0.2) is 11.6 Å². The van der Waals surface area contributed by atoms with E-state index in [0.717, 1.165) is 11.2 Å². The van der Waals surface area contributed by atoms with Crippen LogP contribution in [0.4, 0.5) is 4.39 Å². The topological polar surface area (TPSA) is 17.0 Å². The molecule has 0 saturated carbocycles. The smallest absolute Gasteiger partial charge is 0.132 e. The number of nitrogens with one attached hydrogen (secondary N) is 1. The summed E-state index contributed by atoms with van der Waals surface area (Å²) in [6, 6.07) is 7.31. The van der Waals surface area contributed by atoms with Gasteiger partial charge in [0.15, 0.2) is 0 Å². The molecule has 1 heterocycles. The first-order valence-corrected chi connectivity index (χ1v) is 5.06. The molecule has 1 aromatic carbocycles. The van der Waals surface area contributed by atoms with Crippen molar-refractivity contribution in [2.24, 2.45) is 7.05 Å². The molecule has 2 nitrogen and oxygen atoms in total. The van der Waals surface area contributed by atoms with Crippen molar-refractivity contribution in [3.8, 4) is 0 Å². The summed E-state index contributed by atoms with van der Waals surface area (Å²) in [5.41, 5.74) is 2.03. The van der Waals surface area contributed by atoms with Gasteiger partial charge in [0.1, 0.15) is 5.82 Å². The molecule has 0 spiro atoms. The fraction of sp³-hybridized carbons (Fsp3) is 0.333. The van der Waals surface area contributed by atoms with Crippen molar-refractivity contribution in [3.63, 3.8) is 0 Å². The fourth-order valence-electron chi connectivity index (χ4n) is 1.91. The molecule has 0 saturated heterocycles. The maximum absolute atomic E-state index is 13.5. The minimum absolute atomic E-state index is 0.155. The molecule has 0 aliphatic carbocycles. The summed E-state index contributed by atoms with van der Waals surface area (Å²) in [6.45, 7) is 2.06. The molecule has 1 N–H and O–H groups in total. The molecule has 1 aromatic heterocycles. The lowest BCUT2D eigenvalue weighted by Gasteiger charge is -2.11. The molecule has 0 aliphatic rings. The minimum Gasteiger partial charge on any atom is -0.346 e. The minimum atomic E-state index is -0.155. The highest BCUT2D eigenvalue weighted by molar-refractivity contribution is 5.82. The Kier molecular flexibility index (Phi) is 2.49. The Morgan fingerprint density at radius 2 is 2.13 bits per heavy atom. The van der Waals surface area contributed by atoms with Gasteiger partial charge in [-0.1, -0.05) is 6.07 Å². The number of hydrogen-bond acceptors (Lipinski definition) is 1. The summed E-state index contributed by atoms with van der Waals surface area (Å²) in [6.07, 6.45) is 0. The highest BCUT2D eigenvalue weighted by atomic mass is 19.1. The Morgan fingerprint density at radius 1 is 1.40 bits per heavy atom. The van der Waals surface area contributed by atoms with E-state index in [4.69, 9.17) is 0 Å². The van der Waals surface area contributed by atoms with Gasteiger partial charge in [-0.25, -0.2) is 4.39 Å². The average Bonchev–Trinajstić information content (AvgIpc) is 2.57. The van der Waals surface area contributed by atoms with E-state index >= 15 is 0 Å². The maximum Gasteiger partial charge on any atom is 0.132 e. The third-order valence-corrected chi connectivity index (χ3v) is 2.95. The van der Waals surface area contributed by atoms with Crippen LogP contribution in [0.2, 0.25) is 0 Å². The molecule has 0 aliphatic heterocycles. The van der Waals surface area contributed by atoms with Crippen molar-refractivity contribution in [2.45, 2.75) is 13.0 Å². The molecule has 0 fully saturated rings. The van der Waals surface area contributed by atoms with Crippen LogP contribution in [0.5, 0.6) is 0 Å². The highest BCUT2D eigenvalue weighted by Gasteiger charge is 2.12. The van der Waals surface area contributed by atoms with E-state index in [-0.39, 0.29) is 11.9 Å². The molecule has 2 rings (SSSR count). The Labute approximate surface area is 88.7 Å². The van der Waals surface area contributed by atoms with Gasteiger partial charge in [0.2, 0.25) is 0 Å². The lowest BCUT2D eigenvalue weighted by molar-refractivity contribution is 0.609. The van der Waals surface area contributed by atoms with Crippen molar-refractivity contribution in [2.75, 3.05) is 7.05 Å². The predicted octanol–water partition coefficient (Wildman–Crippen LogP) is 2.60. The molecule has 80 valence electrons. The summed E-state index contributed by atoms with van der Waals surface area (Å²) < 4.78 is 15.5. The molecule has 0 radical (unpaired) electrons. The van der Waals surface area contributed by atoms with Crippen LogP contribution in [0.15, 0.2) is 24.3 Å². The van der Waals surface area contributed by atoms with Gasteiger partial charge in [-0.05, 0) is 32.2 Å². The van der Waals surface area contributed by atoms with E-state index in [9.17, 15) is 4.39 Å². The molecule has 2 aromatic rings. The molecule has 1 unspecified atom stereocenters. The lowest BCUT2D eigenvalue weighted by Crippen LogP contribution is -2.15. The largest absolute Gasteiger partial charge is 0.346 e. The van der Waals surface area contributed by atoms with Crippen LogP contribution in [0, 0.1) is 5.82 Å². The Morgan fingerprint density at radius 3 is 2.73 bits per heavy atom. The van der Waals surface area contributed by atoms with E-state index in [2.05, 4.69) is 12.2 Å². The molecular formula is C12H15FN2. The summed E-state index contributed by atoms with van der Waals surface area (Å²) in [5.74, 6) is -0.155. The first kappa shape index (κ1) is 10.2. The van der Waals surface area contributed by atoms with Gasteiger partial charge in [-0.3, -0.25) is 0 Å². The summed E-state index contributed by atoms with van der Waals surface area (Å²) in [7, 11) is 3.86. The van der Waals surface area contributed by atoms with E-state index in [0.29, 0.717) is 5.39 Å². The SMILES string of the molecule is CNC(C)c1cc2c(F)cccc2n1C. The summed E-state index contributed by atoms with van der Waals surface area (Å²) in [4.78, 5) is 0. The molecular weight excluding hydrogens is 191 g/mol. The van der Waals surface area contributed by atoms with Crippen LogP contribution in [-0.2, 0) is 7.05 Å². The third-order valence-electron chi connectivity index (χ3n) is 2.95. The van der Waals surface area contributed by atoms with Gasteiger partial charge >= 0.3 is 0 Å². The number of fused-ring (bicyclic) bond motifs is 1. The van der Waals surface area contributed by atoms with Crippen molar-refractivity contribution in [1.82, 2.24) is 9.88 Å². The van der Waals surface area contributed by atoms with Crippen LogP contribution >= 0.6 is 0 Å². The average molecular weight is 206 g/mol. The van der Waals surface area contributed by atoms with E-state index in [1.807, 2.05) is 30.8 Å². The second-order valence-corrected chi connectivity index (χ2v) is 3.81. The maximum atomic E-state index is 13.5. The number of nitrogens with zero attached hydrogens (tertiary/aromatic N) is 1. The van der Waals surface area contributed by atoms with Gasteiger partial charge in [0, 0.05) is 24.2 Å². The van der Waals surface area contributed by atoms with Gasteiger partial charge < -0.3 is 9.88 Å². The molecule has 1 atom stereocenters. The first-order valence-electron chi connectivity index (χ1n) is 5.06. The monoisotopic (exact) mass is 206 g/mol. The predicted molar refractivity (Wildman–Crippen MR) is 60.4 cm³/mol. The second kappa shape index (κ2) is 3.66. The van der Waals surface area contributed by atoms with Gasteiger partial charge in [-0.15, -0.1) is 0 Å². The van der Waals surface area contributed by atoms with Gasteiger partial charge in [-0.2, -0.15) is 0 Å². The molecule has 0 amide bonds. The zero-order valence-corrected chi connectivity index (χ0v) is 9.21. The second-order valence-electron chi connectivity index (χ2n) is 3.81. The first-order chi connectivity index (χ1) is 7.15. The summed E-state index contributed by atoms with van der Waals surface area (Å²) >= 11 is 0. The zero-order valence-electron chi connectivity index (χ0n) is 9.21. The van der Waals surface area contributed by atoms with E-state index in [1.165, 1.54) is 6.07 Å². The van der Waals surface area contributed by atoms with E-state index in [1.54, 1.807) is 6.07 Å². The summed E-state index contributed by atoms with van der Waals surface area (Å²) in [5, 5.41) is 3.85. The Balaban J connectivity index is 2.69. The van der Waals surface area contributed by atoms with Crippen LogP contribution in [0.25, 0.3) is 10.9 Å². The normalized spacial score (nSPS) is 13.3. The number of aryl methyl sites for hydroxylation is 1. The molecule has 3 heteroatoms. The van der Waals surface area contributed by atoms with Gasteiger partial charge in [0.25, 0.3) is 0 Å². The third kappa shape index (κ3) is 1.53. The number of rotatable bonds is 2. The standard InChI is InChI=1S/C12H15FN2/c1-8(14-2)12-7-9-10(13)5-4-6-11(9)15(12)3/h4-8,14H,1-3H3. The Hall–Kier alpha value is -1.35. The number of halogens is 1. The van der Waals surface area contributed by atoms with Crippen LogP contribution in [0.1, 0.15) is 18.7 Å². The fourth-order valence-corrected chi connectivity index (χ4v) is 1.91. The number of aromatic nitrogens is 1.